The van der Waals surface area contributed by atoms with E-state index < -0.39 is 0 Å². The molecule has 3 rings (SSSR count). The van der Waals surface area contributed by atoms with Gasteiger partial charge in [0.25, 0.3) is 0 Å². The maximum absolute atomic E-state index is 13.0. The molecule has 1 fully saturated rings. The van der Waals surface area contributed by atoms with Crippen LogP contribution in [0.15, 0.2) is 41.5 Å². The molecule has 0 unspecified atom stereocenters. The number of benzene rings is 1. The zero-order valence-corrected chi connectivity index (χ0v) is 13.2. The second kappa shape index (κ2) is 6.68. The van der Waals surface area contributed by atoms with E-state index in [1.165, 1.54) is 12.1 Å². The highest BCUT2D eigenvalue weighted by molar-refractivity contribution is 5.78. The molecule has 6 nitrogen and oxygen atoms in total. The van der Waals surface area contributed by atoms with Crippen molar-refractivity contribution in [2.45, 2.75) is 6.54 Å². The van der Waals surface area contributed by atoms with Gasteiger partial charge in [-0.25, -0.2) is 9.38 Å². The Balaban J connectivity index is 1.54. The van der Waals surface area contributed by atoms with Gasteiger partial charge in [-0.1, -0.05) is 0 Å². The summed E-state index contributed by atoms with van der Waals surface area (Å²) in [5, 5.41) is 4.28. The van der Waals surface area contributed by atoms with Gasteiger partial charge in [0.1, 0.15) is 5.82 Å². The lowest BCUT2D eigenvalue weighted by molar-refractivity contribution is 0.380. The van der Waals surface area contributed by atoms with Crippen LogP contribution in [0.1, 0.15) is 5.69 Å². The highest BCUT2D eigenvalue weighted by Gasteiger charge is 2.18. The number of aryl methyl sites for hydroxylation is 1. The van der Waals surface area contributed by atoms with E-state index in [2.05, 4.69) is 19.9 Å². The quantitative estimate of drug-likeness (QED) is 0.683. The maximum atomic E-state index is 13.0. The summed E-state index contributed by atoms with van der Waals surface area (Å²) in [6.45, 7) is 3.77. The van der Waals surface area contributed by atoms with Crippen LogP contribution < -0.4 is 10.6 Å². The number of halogens is 1. The first-order valence-corrected chi connectivity index (χ1v) is 7.66. The van der Waals surface area contributed by atoms with Crippen molar-refractivity contribution < 1.29 is 4.39 Å². The van der Waals surface area contributed by atoms with Gasteiger partial charge < -0.3 is 15.5 Å². The van der Waals surface area contributed by atoms with Crippen LogP contribution in [0, 0.1) is 5.82 Å². The minimum atomic E-state index is -0.210. The number of aliphatic imine (C=N–C) groups is 1. The molecule has 0 saturated carbocycles. The van der Waals surface area contributed by atoms with Gasteiger partial charge in [0.05, 0.1) is 12.2 Å². The molecule has 1 aliphatic heterocycles. The minimum absolute atomic E-state index is 0.210. The van der Waals surface area contributed by atoms with Crippen LogP contribution >= 0.6 is 0 Å². The molecule has 0 spiro atoms. The molecule has 23 heavy (non-hydrogen) atoms. The van der Waals surface area contributed by atoms with E-state index in [0.717, 1.165) is 37.6 Å². The molecule has 122 valence electrons. The molecule has 1 aromatic heterocycles. The SMILES string of the molecule is Cn1ccc(CN=C(N)N2CCN(c3ccc(F)cc3)CC2)n1. The average molecular weight is 316 g/mol. The highest BCUT2D eigenvalue weighted by atomic mass is 19.1. The van der Waals surface area contributed by atoms with Gasteiger partial charge in [0.2, 0.25) is 0 Å². The second-order valence-electron chi connectivity index (χ2n) is 5.61. The standard InChI is InChI=1S/C16H21FN6/c1-21-7-6-14(20-21)12-19-16(18)23-10-8-22(9-11-23)15-4-2-13(17)3-5-15/h2-7H,8-12H2,1H3,(H2,18,19). The van der Waals surface area contributed by atoms with Crippen molar-refractivity contribution in [2.24, 2.45) is 17.8 Å². The smallest absolute Gasteiger partial charge is 0.191 e. The summed E-state index contributed by atoms with van der Waals surface area (Å²) in [7, 11) is 1.88. The fraction of sp³-hybridized carbons (Fsp3) is 0.375. The molecule has 0 amide bonds. The van der Waals surface area contributed by atoms with Crippen LogP contribution in [-0.4, -0.2) is 46.8 Å². The number of rotatable bonds is 3. The van der Waals surface area contributed by atoms with Crippen LogP contribution in [0.25, 0.3) is 0 Å². The Bertz CT molecular complexity index is 670. The van der Waals surface area contributed by atoms with E-state index in [1.807, 2.05) is 31.4 Å². The third kappa shape index (κ3) is 3.80. The Morgan fingerprint density at radius 3 is 2.48 bits per heavy atom. The van der Waals surface area contributed by atoms with Gasteiger partial charge in [-0.3, -0.25) is 4.68 Å². The minimum Gasteiger partial charge on any atom is -0.370 e. The summed E-state index contributed by atoms with van der Waals surface area (Å²) >= 11 is 0. The van der Waals surface area contributed by atoms with Crippen LogP contribution in [0.2, 0.25) is 0 Å². The van der Waals surface area contributed by atoms with Gasteiger partial charge in [-0.2, -0.15) is 5.10 Å². The lowest BCUT2D eigenvalue weighted by Crippen LogP contribution is -2.51. The Labute approximate surface area is 135 Å². The number of aromatic nitrogens is 2. The molecule has 7 heteroatoms. The topological polar surface area (TPSA) is 62.7 Å². The first-order chi connectivity index (χ1) is 11.1. The van der Waals surface area contributed by atoms with Crippen molar-refractivity contribution in [1.29, 1.82) is 0 Å². The predicted octanol–water partition coefficient (Wildman–Crippen LogP) is 1.20. The van der Waals surface area contributed by atoms with Crippen molar-refractivity contribution in [3.05, 3.63) is 48.0 Å². The van der Waals surface area contributed by atoms with Crippen LogP contribution in [0.5, 0.6) is 0 Å². The zero-order chi connectivity index (χ0) is 16.2. The summed E-state index contributed by atoms with van der Waals surface area (Å²) < 4.78 is 14.7. The van der Waals surface area contributed by atoms with Gasteiger partial charge in [-0.05, 0) is 30.3 Å². The van der Waals surface area contributed by atoms with Gasteiger partial charge in [-0.15, -0.1) is 0 Å². The number of hydrogen-bond acceptors (Lipinski definition) is 3. The molecular formula is C16H21FN6. The Morgan fingerprint density at radius 1 is 1.17 bits per heavy atom. The summed E-state index contributed by atoms with van der Waals surface area (Å²) in [4.78, 5) is 8.71. The number of nitrogens with zero attached hydrogens (tertiary/aromatic N) is 5. The summed E-state index contributed by atoms with van der Waals surface area (Å²) in [5.74, 6) is 0.340. The van der Waals surface area contributed by atoms with E-state index in [0.29, 0.717) is 12.5 Å². The molecule has 0 aliphatic carbocycles. The van der Waals surface area contributed by atoms with Crippen molar-refractivity contribution in [3.63, 3.8) is 0 Å². The van der Waals surface area contributed by atoms with Gasteiger partial charge in [0.15, 0.2) is 5.96 Å². The van der Waals surface area contributed by atoms with Gasteiger partial charge in [0, 0.05) is 45.1 Å². The van der Waals surface area contributed by atoms with Gasteiger partial charge >= 0.3 is 0 Å². The highest BCUT2D eigenvalue weighted by Crippen LogP contribution is 2.16. The average Bonchev–Trinajstić information content (AvgIpc) is 2.99. The van der Waals surface area contributed by atoms with Crippen molar-refractivity contribution in [1.82, 2.24) is 14.7 Å². The monoisotopic (exact) mass is 316 g/mol. The normalized spacial score (nSPS) is 16.0. The Kier molecular flexibility index (Phi) is 4.45. The number of hydrogen-bond donors (Lipinski definition) is 1. The number of guanidine groups is 1. The molecule has 2 aromatic rings. The number of piperazine rings is 1. The maximum Gasteiger partial charge on any atom is 0.191 e. The molecule has 0 bridgehead atoms. The molecule has 0 radical (unpaired) electrons. The predicted molar refractivity (Wildman–Crippen MR) is 88.7 cm³/mol. The Morgan fingerprint density at radius 2 is 1.87 bits per heavy atom. The van der Waals surface area contributed by atoms with E-state index in [-0.39, 0.29) is 5.82 Å². The molecule has 1 aromatic carbocycles. The van der Waals surface area contributed by atoms with Crippen molar-refractivity contribution >= 4 is 11.6 Å². The zero-order valence-electron chi connectivity index (χ0n) is 13.2. The summed E-state index contributed by atoms with van der Waals surface area (Å²) in [5.41, 5.74) is 8.02. The first-order valence-electron chi connectivity index (χ1n) is 7.66. The summed E-state index contributed by atoms with van der Waals surface area (Å²) in [6, 6.07) is 8.53. The van der Waals surface area contributed by atoms with Crippen molar-refractivity contribution in [2.75, 3.05) is 31.1 Å². The van der Waals surface area contributed by atoms with Crippen LogP contribution in [0.4, 0.5) is 10.1 Å². The van der Waals surface area contributed by atoms with E-state index in [4.69, 9.17) is 5.73 Å². The number of nitrogens with two attached hydrogens (primary N) is 1. The molecular weight excluding hydrogens is 295 g/mol. The molecule has 1 saturated heterocycles. The lowest BCUT2D eigenvalue weighted by atomic mass is 10.2. The molecule has 2 N–H and O–H groups in total. The largest absolute Gasteiger partial charge is 0.370 e. The molecule has 2 heterocycles. The lowest BCUT2D eigenvalue weighted by Gasteiger charge is -2.36. The fourth-order valence-electron chi connectivity index (χ4n) is 2.66. The van der Waals surface area contributed by atoms with Crippen LogP contribution in [0.3, 0.4) is 0 Å². The first kappa shape index (κ1) is 15.3. The number of anilines is 1. The second-order valence-corrected chi connectivity index (χ2v) is 5.61. The fourth-order valence-corrected chi connectivity index (χ4v) is 2.66. The molecule has 1 aliphatic rings. The van der Waals surface area contributed by atoms with Crippen molar-refractivity contribution in [3.8, 4) is 0 Å². The van der Waals surface area contributed by atoms with E-state index in [9.17, 15) is 4.39 Å². The molecule has 0 atom stereocenters. The third-order valence-electron chi connectivity index (χ3n) is 3.97. The van der Waals surface area contributed by atoms with E-state index in [1.54, 1.807) is 4.68 Å². The Hall–Kier alpha value is -2.57. The van der Waals surface area contributed by atoms with Crippen LogP contribution in [-0.2, 0) is 13.6 Å². The third-order valence-corrected chi connectivity index (χ3v) is 3.97. The van der Waals surface area contributed by atoms with E-state index >= 15 is 0 Å². The summed E-state index contributed by atoms with van der Waals surface area (Å²) in [6.07, 6.45) is 1.89.